The van der Waals surface area contributed by atoms with Crippen LogP contribution in [0.3, 0.4) is 0 Å². The third-order valence-corrected chi connectivity index (χ3v) is 3.34. The first-order chi connectivity index (χ1) is 9.24. The van der Waals surface area contributed by atoms with Crippen molar-refractivity contribution in [3.8, 4) is 0 Å². The van der Waals surface area contributed by atoms with Crippen molar-refractivity contribution in [2.24, 2.45) is 5.41 Å². The third-order valence-electron chi connectivity index (χ3n) is 3.11. The fourth-order valence-electron chi connectivity index (χ4n) is 1.35. The van der Waals surface area contributed by atoms with Gasteiger partial charge in [0.2, 0.25) is 0 Å². The number of aromatic nitrogens is 1. The van der Waals surface area contributed by atoms with Crippen LogP contribution in [0.4, 0.5) is 0 Å². The highest BCUT2D eigenvalue weighted by Gasteiger charge is 2.13. The molecule has 1 amide bonds. The first kappa shape index (κ1) is 16.4. The second kappa shape index (κ2) is 6.71. The lowest BCUT2D eigenvalue weighted by molar-refractivity contribution is 0.0966. The summed E-state index contributed by atoms with van der Waals surface area (Å²) in [6.45, 7) is 10.4. The summed E-state index contributed by atoms with van der Waals surface area (Å²) in [6, 6.07) is 3.25. The molecule has 20 heavy (non-hydrogen) atoms. The van der Waals surface area contributed by atoms with Gasteiger partial charge in [0.15, 0.2) is 0 Å². The maximum Gasteiger partial charge on any atom is 0.257 e. The normalized spacial score (nSPS) is 13.3. The molecule has 0 aromatic carbocycles. The Labute approximate surface area is 125 Å². The molecule has 1 aromatic heterocycles. The average Bonchev–Trinajstić information content (AvgIpc) is 2.37. The molecule has 108 valence electrons. The number of allylic oxidation sites excluding steroid dienone is 3. The van der Waals surface area contributed by atoms with Gasteiger partial charge in [-0.2, -0.15) is 0 Å². The lowest BCUT2D eigenvalue weighted by Crippen LogP contribution is -2.22. The van der Waals surface area contributed by atoms with Gasteiger partial charge < -0.3 is 5.32 Å². The summed E-state index contributed by atoms with van der Waals surface area (Å²) in [7, 11) is 0. The number of carbonyl (C=O) groups excluding carboxylic acids is 1. The van der Waals surface area contributed by atoms with Crippen LogP contribution in [0.25, 0.3) is 0 Å². The zero-order chi connectivity index (χ0) is 15.3. The monoisotopic (exact) mass is 292 g/mol. The molecule has 0 bridgehead atoms. The van der Waals surface area contributed by atoms with Crippen LogP contribution in [0.5, 0.6) is 0 Å². The van der Waals surface area contributed by atoms with E-state index in [0.717, 1.165) is 5.70 Å². The Morgan fingerprint density at radius 1 is 1.35 bits per heavy atom. The molecule has 0 spiro atoms. The van der Waals surface area contributed by atoms with Crippen LogP contribution in [-0.4, -0.2) is 10.9 Å². The highest BCUT2D eigenvalue weighted by molar-refractivity contribution is 6.29. The molecule has 0 saturated carbocycles. The van der Waals surface area contributed by atoms with Crippen LogP contribution in [0.1, 0.15) is 45.0 Å². The van der Waals surface area contributed by atoms with Crippen molar-refractivity contribution in [1.82, 2.24) is 10.3 Å². The number of nitrogens with one attached hydrogen (secondary N) is 1. The van der Waals surface area contributed by atoms with Gasteiger partial charge in [0.05, 0.1) is 5.56 Å². The summed E-state index contributed by atoms with van der Waals surface area (Å²) in [5, 5.41) is 3.24. The van der Waals surface area contributed by atoms with Gasteiger partial charge in [-0.15, -0.1) is 0 Å². The molecule has 0 fully saturated rings. The SMILES string of the molecule is CC=C(C=C(C)C(C)(C)C)NC(=O)c1ccc(Cl)nc1. The Bertz CT molecular complexity index is 537. The summed E-state index contributed by atoms with van der Waals surface area (Å²) >= 11 is 5.70. The van der Waals surface area contributed by atoms with E-state index in [-0.39, 0.29) is 11.3 Å². The lowest BCUT2D eigenvalue weighted by atomic mass is 9.87. The van der Waals surface area contributed by atoms with Gasteiger partial charge in [-0.05, 0) is 37.5 Å². The van der Waals surface area contributed by atoms with Crippen LogP contribution >= 0.6 is 11.6 Å². The van der Waals surface area contributed by atoms with Crippen molar-refractivity contribution in [2.45, 2.75) is 34.6 Å². The molecule has 0 aliphatic heterocycles. The predicted octanol–water partition coefficient (Wildman–Crippen LogP) is 4.36. The minimum Gasteiger partial charge on any atom is -0.322 e. The molecule has 0 saturated heterocycles. The van der Waals surface area contributed by atoms with E-state index in [0.29, 0.717) is 10.7 Å². The first-order valence-electron chi connectivity index (χ1n) is 6.52. The van der Waals surface area contributed by atoms with Gasteiger partial charge in [0.1, 0.15) is 5.15 Å². The van der Waals surface area contributed by atoms with E-state index in [1.165, 1.54) is 11.8 Å². The molecule has 1 aromatic rings. The fraction of sp³-hybridized carbons (Fsp3) is 0.375. The zero-order valence-electron chi connectivity index (χ0n) is 12.6. The van der Waals surface area contributed by atoms with Gasteiger partial charge in [-0.3, -0.25) is 4.79 Å². The molecule has 0 atom stereocenters. The molecule has 1 rings (SSSR count). The Morgan fingerprint density at radius 2 is 2.00 bits per heavy atom. The molecule has 3 nitrogen and oxygen atoms in total. The van der Waals surface area contributed by atoms with E-state index in [4.69, 9.17) is 11.6 Å². The molecule has 0 radical (unpaired) electrons. The zero-order valence-corrected chi connectivity index (χ0v) is 13.4. The second-order valence-electron chi connectivity index (χ2n) is 5.65. The number of amides is 1. The summed E-state index contributed by atoms with van der Waals surface area (Å²) in [6.07, 6.45) is 5.32. The summed E-state index contributed by atoms with van der Waals surface area (Å²) < 4.78 is 0. The van der Waals surface area contributed by atoms with E-state index in [1.54, 1.807) is 12.1 Å². The Balaban J connectivity index is 2.85. The standard InChI is InChI=1S/C16H21ClN2O/c1-6-13(9-11(2)16(3,4)5)19-15(20)12-7-8-14(17)18-10-12/h6-10H,1-5H3,(H,19,20). The number of carbonyl (C=O) groups is 1. The molecule has 1 N–H and O–H groups in total. The van der Waals surface area contributed by atoms with E-state index < -0.39 is 0 Å². The number of nitrogens with zero attached hydrogens (tertiary/aromatic N) is 1. The van der Waals surface area contributed by atoms with Crippen molar-refractivity contribution in [1.29, 1.82) is 0 Å². The second-order valence-corrected chi connectivity index (χ2v) is 6.03. The van der Waals surface area contributed by atoms with E-state index in [9.17, 15) is 4.79 Å². The molecule has 1 heterocycles. The van der Waals surface area contributed by atoms with E-state index in [1.807, 2.05) is 19.1 Å². The molecule has 0 aliphatic carbocycles. The minimum atomic E-state index is -0.194. The topological polar surface area (TPSA) is 42.0 Å². The first-order valence-corrected chi connectivity index (χ1v) is 6.90. The van der Waals surface area contributed by atoms with Crippen molar-refractivity contribution in [3.63, 3.8) is 0 Å². The van der Waals surface area contributed by atoms with Crippen LogP contribution in [0.2, 0.25) is 5.15 Å². The van der Waals surface area contributed by atoms with E-state index >= 15 is 0 Å². The van der Waals surface area contributed by atoms with E-state index in [2.05, 4.69) is 38.0 Å². The van der Waals surface area contributed by atoms with Gasteiger partial charge in [0, 0.05) is 11.9 Å². The summed E-state index contributed by atoms with van der Waals surface area (Å²) in [5.74, 6) is -0.194. The quantitative estimate of drug-likeness (QED) is 0.664. The molecular weight excluding hydrogens is 272 g/mol. The molecule has 0 aliphatic rings. The minimum absolute atomic E-state index is 0.0703. The van der Waals surface area contributed by atoms with Gasteiger partial charge >= 0.3 is 0 Å². The summed E-state index contributed by atoms with van der Waals surface area (Å²) in [4.78, 5) is 16.0. The number of pyridine rings is 1. The van der Waals surface area contributed by atoms with Crippen LogP contribution < -0.4 is 5.32 Å². The Morgan fingerprint density at radius 3 is 2.45 bits per heavy atom. The summed E-state index contributed by atoms with van der Waals surface area (Å²) in [5.41, 5.74) is 2.52. The number of halogens is 1. The van der Waals surface area contributed by atoms with Gasteiger partial charge in [-0.1, -0.05) is 44.0 Å². The third kappa shape index (κ3) is 4.82. The largest absolute Gasteiger partial charge is 0.322 e. The highest BCUT2D eigenvalue weighted by atomic mass is 35.5. The van der Waals surface area contributed by atoms with Crippen LogP contribution in [0, 0.1) is 5.41 Å². The predicted molar refractivity (Wildman–Crippen MR) is 83.7 cm³/mol. The Hall–Kier alpha value is -1.61. The molecule has 4 heteroatoms. The van der Waals surface area contributed by atoms with Crippen molar-refractivity contribution in [3.05, 3.63) is 52.5 Å². The number of hydrogen-bond donors (Lipinski definition) is 1. The fourth-order valence-corrected chi connectivity index (χ4v) is 1.47. The van der Waals surface area contributed by atoms with Crippen molar-refractivity contribution in [2.75, 3.05) is 0 Å². The van der Waals surface area contributed by atoms with Crippen molar-refractivity contribution >= 4 is 17.5 Å². The van der Waals surface area contributed by atoms with Gasteiger partial charge in [-0.25, -0.2) is 4.98 Å². The van der Waals surface area contributed by atoms with Gasteiger partial charge in [0.25, 0.3) is 5.91 Å². The average molecular weight is 293 g/mol. The molecule has 0 unspecified atom stereocenters. The Kier molecular flexibility index (Phi) is 5.52. The van der Waals surface area contributed by atoms with Crippen LogP contribution in [0.15, 0.2) is 41.8 Å². The van der Waals surface area contributed by atoms with Crippen molar-refractivity contribution < 1.29 is 4.79 Å². The highest BCUT2D eigenvalue weighted by Crippen LogP contribution is 2.25. The maximum absolute atomic E-state index is 12.1. The smallest absolute Gasteiger partial charge is 0.257 e. The maximum atomic E-state index is 12.1. The number of rotatable bonds is 3. The lowest BCUT2D eigenvalue weighted by Gasteiger charge is -2.20. The molecular formula is C16H21ClN2O. The van der Waals surface area contributed by atoms with Crippen LogP contribution in [-0.2, 0) is 0 Å². The number of hydrogen-bond acceptors (Lipinski definition) is 2.